The molecular formula is H4MgO6S2. The lowest BCUT2D eigenvalue weighted by atomic mass is 15.8. The molecule has 0 saturated heterocycles. The van der Waals surface area contributed by atoms with Gasteiger partial charge in [-0.2, -0.15) is 8.42 Å². The standard InChI is InChI=1S/Mg.2H2O3S/c;2*1-4(2)3/h;2*(H2,1,2,3). The average Bonchev–Trinajstić information content (AvgIpc) is 1.25. The Balaban J connectivity index is -0.0000000720. The summed E-state index contributed by atoms with van der Waals surface area (Å²) in [6.07, 6.45) is 0. The number of hydrogen-bond donors (Lipinski definition) is 4. The van der Waals surface area contributed by atoms with Crippen LogP contribution < -0.4 is 0 Å². The molecule has 0 aliphatic rings. The summed E-state index contributed by atoms with van der Waals surface area (Å²) in [7, 11) is 0. The molecule has 0 aromatic heterocycles. The Morgan fingerprint density at radius 1 is 0.778 bits per heavy atom. The maximum absolute atomic E-state index is 8.67. The van der Waals surface area contributed by atoms with Crippen molar-refractivity contribution in [3.05, 3.63) is 0 Å². The molecule has 0 fully saturated rings. The zero-order chi connectivity index (χ0) is 7.15. The highest BCUT2D eigenvalue weighted by Crippen LogP contribution is 1.44. The van der Waals surface area contributed by atoms with Crippen LogP contribution in [0.3, 0.4) is 0 Å². The van der Waals surface area contributed by atoms with Gasteiger partial charge < -0.3 is 0 Å². The predicted molar refractivity (Wildman–Crippen MR) is 32.6 cm³/mol. The SMILES string of the molecule is O=S(O)O.O=S(O)O.[Mg]. The van der Waals surface area contributed by atoms with E-state index in [1.54, 1.807) is 0 Å². The minimum absolute atomic E-state index is 0. The number of hydrogen-bond acceptors (Lipinski definition) is 2. The van der Waals surface area contributed by atoms with Crippen molar-refractivity contribution in [1.82, 2.24) is 0 Å². The average molecular weight is 188 g/mol. The van der Waals surface area contributed by atoms with Gasteiger partial charge in [-0.1, -0.05) is 0 Å². The molecule has 9 heavy (non-hydrogen) atoms. The summed E-state index contributed by atoms with van der Waals surface area (Å²) in [5.74, 6) is 0. The first-order valence-corrected chi connectivity index (χ1v) is 3.19. The summed E-state index contributed by atoms with van der Waals surface area (Å²) in [4.78, 5) is 0. The van der Waals surface area contributed by atoms with E-state index in [0.29, 0.717) is 0 Å². The van der Waals surface area contributed by atoms with E-state index in [0.717, 1.165) is 0 Å². The fourth-order valence-corrected chi connectivity index (χ4v) is 0. The highest BCUT2D eigenvalue weighted by Gasteiger charge is 1.63. The third-order valence-electron chi connectivity index (χ3n) is 0. The van der Waals surface area contributed by atoms with Crippen molar-refractivity contribution in [2.75, 3.05) is 0 Å². The normalized spacial score (nSPS) is 7.78. The van der Waals surface area contributed by atoms with E-state index in [2.05, 4.69) is 0 Å². The van der Waals surface area contributed by atoms with Crippen LogP contribution in [0, 0.1) is 0 Å². The molecule has 0 amide bonds. The van der Waals surface area contributed by atoms with Gasteiger partial charge in [-0.25, -0.2) is 0 Å². The zero-order valence-corrected chi connectivity index (χ0v) is 7.18. The van der Waals surface area contributed by atoms with E-state index in [1.165, 1.54) is 0 Å². The summed E-state index contributed by atoms with van der Waals surface area (Å²) in [5.41, 5.74) is 0. The lowest BCUT2D eigenvalue weighted by Gasteiger charge is -1.59. The van der Waals surface area contributed by atoms with Crippen molar-refractivity contribution < 1.29 is 26.6 Å². The molecule has 0 spiro atoms. The second-order valence-corrected chi connectivity index (χ2v) is 1.38. The zero-order valence-electron chi connectivity index (χ0n) is 4.13. The monoisotopic (exact) mass is 188 g/mol. The first-order valence-electron chi connectivity index (χ1n) is 1.06. The summed E-state index contributed by atoms with van der Waals surface area (Å²) in [6.45, 7) is 0. The van der Waals surface area contributed by atoms with Crippen molar-refractivity contribution in [2.24, 2.45) is 0 Å². The maximum Gasteiger partial charge on any atom is 0.299 e. The molecule has 0 unspecified atom stereocenters. The molecule has 0 heterocycles. The molecule has 0 aromatic carbocycles. The molecule has 0 aliphatic carbocycles. The van der Waals surface area contributed by atoms with Crippen LogP contribution in [0.2, 0.25) is 0 Å². The van der Waals surface area contributed by atoms with Crippen molar-refractivity contribution in [3.8, 4) is 0 Å². The van der Waals surface area contributed by atoms with Crippen LogP contribution in [0.25, 0.3) is 0 Å². The van der Waals surface area contributed by atoms with Gasteiger partial charge in [0, 0.05) is 23.1 Å². The van der Waals surface area contributed by atoms with Gasteiger partial charge in [-0.3, -0.25) is 18.2 Å². The van der Waals surface area contributed by atoms with Gasteiger partial charge in [-0.05, 0) is 0 Å². The van der Waals surface area contributed by atoms with Crippen molar-refractivity contribution in [2.45, 2.75) is 0 Å². The lowest BCUT2D eigenvalue weighted by molar-refractivity contribution is 0.452. The molecule has 0 rings (SSSR count). The Hall–Kier alpha value is 0.906. The quantitative estimate of drug-likeness (QED) is 0.286. The largest absolute Gasteiger partial charge is 0.299 e. The van der Waals surface area contributed by atoms with Gasteiger partial charge in [0.15, 0.2) is 0 Å². The fraction of sp³-hybridized carbons (Fsp3) is 0. The summed E-state index contributed by atoms with van der Waals surface area (Å²) >= 11 is -5.22. The second-order valence-electron chi connectivity index (χ2n) is 0.461. The van der Waals surface area contributed by atoms with Crippen molar-refractivity contribution in [3.63, 3.8) is 0 Å². The molecule has 2 radical (unpaired) electrons. The van der Waals surface area contributed by atoms with Crippen LogP contribution in [0.4, 0.5) is 0 Å². The molecule has 0 aromatic rings. The Bertz CT molecular complexity index is 69.1. The van der Waals surface area contributed by atoms with Gasteiger partial charge in [0.25, 0.3) is 22.7 Å². The lowest BCUT2D eigenvalue weighted by Crippen LogP contribution is -1.74. The number of rotatable bonds is 0. The van der Waals surface area contributed by atoms with E-state index in [4.69, 9.17) is 26.6 Å². The smallest absolute Gasteiger partial charge is 0.284 e. The molecule has 0 saturated carbocycles. The van der Waals surface area contributed by atoms with Gasteiger partial charge in [-0.15, -0.1) is 0 Å². The van der Waals surface area contributed by atoms with Gasteiger partial charge in [0.2, 0.25) is 0 Å². The Morgan fingerprint density at radius 2 is 0.778 bits per heavy atom. The van der Waals surface area contributed by atoms with Crippen LogP contribution in [0.1, 0.15) is 0 Å². The third kappa shape index (κ3) is 517. The van der Waals surface area contributed by atoms with Crippen LogP contribution in [-0.4, -0.2) is 49.7 Å². The van der Waals surface area contributed by atoms with Crippen LogP contribution in [-0.2, 0) is 22.7 Å². The molecular weight excluding hydrogens is 184 g/mol. The van der Waals surface area contributed by atoms with Crippen LogP contribution >= 0.6 is 0 Å². The first kappa shape index (κ1) is 16.5. The first-order chi connectivity index (χ1) is 3.46. The Labute approximate surface area is 72.4 Å². The van der Waals surface area contributed by atoms with Crippen molar-refractivity contribution >= 4 is 45.8 Å². The van der Waals surface area contributed by atoms with E-state index in [1.807, 2.05) is 0 Å². The topological polar surface area (TPSA) is 115 Å². The van der Waals surface area contributed by atoms with E-state index >= 15 is 0 Å². The van der Waals surface area contributed by atoms with E-state index < -0.39 is 22.7 Å². The summed E-state index contributed by atoms with van der Waals surface area (Å²) in [5, 5.41) is 0. The molecule has 0 bridgehead atoms. The molecule has 6 nitrogen and oxygen atoms in total. The summed E-state index contributed by atoms with van der Waals surface area (Å²) < 4.78 is 45.7. The minimum Gasteiger partial charge on any atom is -0.284 e. The van der Waals surface area contributed by atoms with Gasteiger partial charge in [0.05, 0.1) is 0 Å². The van der Waals surface area contributed by atoms with Gasteiger partial charge in [0.1, 0.15) is 0 Å². The molecule has 4 N–H and O–H groups in total. The highest BCUT2D eigenvalue weighted by molar-refractivity contribution is 7.73. The highest BCUT2D eigenvalue weighted by atomic mass is 32.2. The predicted octanol–water partition coefficient (Wildman–Crippen LogP) is -1.02. The van der Waals surface area contributed by atoms with Gasteiger partial charge >= 0.3 is 0 Å². The molecule has 54 valence electrons. The maximum atomic E-state index is 8.67. The molecule has 9 heteroatoms. The second kappa shape index (κ2) is 11.7. The van der Waals surface area contributed by atoms with E-state index in [-0.39, 0.29) is 23.1 Å². The Morgan fingerprint density at radius 3 is 0.778 bits per heavy atom. The molecule has 0 atom stereocenters. The van der Waals surface area contributed by atoms with E-state index in [9.17, 15) is 0 Å². The van der Waals surface area contributed by atoms with Crippen LogP contribution in [0.15, 0.2) is 0 Å². The Kier molecular flexibility index (Phi) is 21.4. The molecule has 0 aliphatic heterocycles. The van der Waals surface area contributed by atoms with Crippen LogP contribution in [0.5, 0.6) is 0 Å². The minimum atomic E-state index is -2.61. The summed E-state index contributed by atoms with van der Waals surface area (Å²) in [6, 6.07) is 0. The fourth-order valence-electron chi connectivity index (χ4n) is 0. The third-order valence-corrected chi connectivity index (χ3v) is 0. The van der Waals surface area contributed by atoms with Crippen molar-refractivity contribution in [1.29, 1.82) is 0 Å².